The van der Waals surface area contributed by atoms with E-state index in [2.05, 4.69) is 15.6 Å². The number of Topliss-reactive ketones (excluding diaryl/α,β-unsaturated/α-hetero) is 1. The molecule has 3 N–H and O–H groups in total. The Hall–Kier alpha value is -5.64. The van der Waals surface area contributed by atoms with Gasteiger partial charge in [-0.25, -0.2) is 0 Å². The smallest absolute Gasteiger partial charge is 0.308 e. The summed E-state index contributed by atoms with van der Waals surface area (Å²) >= 11 is 0. The zero-order chi connectivity index (χ0) is 31.3. The Bertz CT molecular complexity index is 1840. The number of nitrogens with one attached hydrogen (secondary N) is 2. The van der Waals surface area contributed by atoms with Crippen molar-refractivity contribution in [1.29, 1.82) is 0 Å². The molecule has 5 aromatic rings. The van der Waals surface area contributed by atoms with Gasteiger partial charge >= 0.3 is 5.97 Å². The summed E-state index contributed by atoms with van der Waals surface area (Å²) in [5, 5.41) is 16.2. The molecule has 4 aromatic carbocycles. The molecule has 2 atom stereocenters. The van der Waals surface area contributed by atoms with E-state index in [0.29, 0.717) is 35.0 Å². The number of hydrogen-bond acceptors (Lipinski definition) is 8. The fraction of sp³-hybridized carbons (Fsp3) is 0.200. The molecule has 6 rings (SSSR count). The lowest BCUT2D eigenvalue weighted by molar-refractivity contribution is -0.141. The van der Waals surface area contributed by atoms with Crippen LogP contribution in [-0.2, 0) is 16.0 Å². The first kappa shape index (κ1) is 29.4. The number of benzene rings is 4. The minimum atomic E-state index is -0.927. The first-order valence-electron chi connectivity index (χ1n) is 14.6. The molecule has 0 radical (unpaired) electrons. The van der Waals surface area contributed by atoms with E-state index in [1.807, 2.05) is 72.8 Å². The lowest BCUT2D eigenvalue weighted by Crippen LogP contribution is -2.29. The molecule has 0 bridgehead atoms. The maximum Gasteiger partial charge on any atom is 0.308 e. The number of anilines is 3. The number of aliphatic carboxylic acids is 1. The van der Waals surface area contributed by atoms with E-state index >= 15 is 0 Å². The van der Waals surface area contributed by atoms with Crippen LogP contribution in [0.15, 0.2) is 101 Å². The molecule has 0 spiro atoms. The van der Waals surface area contributed by atoms with Gasteiger partial charge in [0.15, 0.2) is 11.4 Å². The SMILES string of the molecule is COc1ccccc1Nc1nc2ccc(CC(=O)CNc3ccc(C4CN(C(=O)c5ccccc5)CC4C(=O)O)cc3)cc2o1. The van der Waals surface area contributed by atoms with E-state index in [0.717, 1.165) is 22.5 Å². The minimum Gasteiger partial charge on any atom is -0.495 e. The number of oxazole rings is 1. The number of ether oxygens (including phenoxy) is 1. The third kappa shape index (κ3) is 6.65. The van der Waals surface area contributed by atoms with Gasteiger partial charge in [0.2, 0.25) is 0 Å². The quantitative estimate of drug-likeness (QED) is 0.172. The number of rotatable bonds is 11. The van der Waals surface area contributed by atoms with Gasteiger partial charge < -0.3 is 29.8 Å². The van der Waals surface area contributed by atoms with E-state index < -0.39 is 11.9 Å². The van der Waals surface area contributed by atoms with E-state index in [4.69, 9.17) is 9.15 Å². The van der Waals surface area contributed by atoms with Crippen LogP contribution in [0.3, 0.4) is 0 Å². The maximum absolute atomic E-state index is 13.0. The summed E-state index contributed by atoms with van der Waals surface area (Å²) in [5.41, 5.74) is 4.89. The molecule has 228 valence electrons. The summed E-state index contributed by atoms with van der Waals surface area (Å²) in [6, 6.07) is 29.6. The highest BCUT2D eigenvalue weighted by molar-refractivity contribution is 5.95. The second kappa shape index (κ2) is 12.9. The first-order chi connectivity index (χ1) is 21.9. The Morgan fingerprint density at radius 2 is 1.71 bits per heavy atom. The highest BCUT2D eigenvalue weighted by Crippen LogP contribution is 2.34. The first-order valence-corrected chi connectivity index (χ1v) is 14.6. The average Bonchev–Trinajstić information content (AvgIpc) is 3.69. The van der Waals surface area contributed by atoms with Crippen molar-refractivity contribution in [3.05, 3.63) is 114 Å². The Morgan fingerprint density at radius 3 is 2.47 bits per heavy atom. The number of aromatic nitrogens is 1. The van der Waals surface area contributed by atoms with Crippen molar-refractivity contribution in [3.8, 4) is 5.75 Å². The lowest BCUT2D eigenvalue weighted by atomic mass is 9.89. The van der Waals surface area contributed by atoms with Gasteiger partial charge in [-0.05, 0) is 59.7 Å². The number of ketones is 1. The standard InChI is InChI=1S/C35H32N4O6/c1-44-31-10-6-5-9-29(31)37-35-38-30-16-11-22(18-32(30)45-35)17-26(40)19-36-25-14-12-23(13-15-25)27-20-39(21-28(27)34(42)43)33(41)24-7-3-2-4-8-24/h2-16,18,27-28,36H,17,19-21H2,1H3,(H,37,38)(H,42,43). The Morgan fingerprint density at radius 1 is 0.956 bits per heavy atom. The summed E-state index contributed by atoms with van der Waals surface area (Å²) in [4.78, 5) is 43.9. The molecule has 1 aromatic heterocycles. The van der Waals surface area contributed by atoms with E-state index in [1.54, 1.807) is 36.3 Å². The summed E-state index contributed by atoms with van der Waals surface area (Å²) in [6.45, 7) is 0.597. The van der Waals surface area contributed by atoms with Crippen LogP contribution in [0.1, 0.15) is 27.4 Å². The third-order valence-electron chi connectivity index (χ3n) is 7.98. The fourth-order valence-corrected chi connectivity index (χ4v) is 5.66. The van der Waals surface area contributed by atoms with Gasteiger partial charge in [0.05, 0.1) is 25.3 Å². The third-order valence-corrected chi connectivity index (χ3v) is 7.98. The molecule has 0 aliphatic carbocycles. The van der Waals surface area contributed by atoms with Crippen LogP contribution in [0.25, 0.3) is 11.1 Å². The Labute approximate surface area is 259 Å². The van der Waals surface area contributed by atoms with Crippen molar-refractivity contribution in [3.63, 3.8) is 0 Å². The predicted molar refractivity (Wildman–Crippen MR) is 170 cm³/mol. The topological polar surface area (TPSA) is 134 Å². The number of hydrogen-bond donors (Lipinski definition) is 3. The van der Waals surface area contributed by atoms with Crippen LogP contribution in [0.4, 0.5) is 17.4 Å². The number of para-hydroxylation sites is 2. The summed E-state index contributed by atoms with van der Waals surface area (Å²) in [6.07, 6.45) is 0.213. The molecular formula is C35H32N4O6. The highest BCUT2D eigenvalue weighted by Gasteiger charge is 2.40. The number of likely N-dealkylation sites (tertiary alicyclic amines) is 1. The number of amides is 1. The zero-order valence-electron chi connectivity index (χ0n) is 24.6. The highest BCUT2D eigenvalue weighted by atomic mass is 16.5. The Balaban J connectivity index is 1.05. The van der Waals surface area contributed by atoms with Gasteiger partial charge in [-0.2, -0.15) is 4.98 Å². The molecule has 1 aliphatic rings. The zero-order valence-corrected chi connectivity index (χ0v) is 24.6. The second-order valence-corrected chi connectivity index (χ2v) is 11.0. The molecule has 1 fully saturated rings. The largest absolute Gasteiger partial charge is 0.495 e. The molecule has 10 nitrogen and oxygen atoms in total. The molecule has 2 unspecified atom stereocenters. The monoisotopic (exact) mass is 604 g/mol. The van der Waals surface area contributed by atoms with Gasteiger partial charge in [0.25, 0.3) is 11.9 Å². The number of methoxy groups -OCH3 is 1. The minimum absolute atomic E-state index is 0.0119. The summed E-state index contributed by atoms with van der Waals surface area (Å²) < 4.78 is 11.2. The Kier molecular flexibility index (Phi) is 8.45. The van der Waals surface area contributed by atoms with Crippen LogP contribution < -0.4 is 15.4 Å². The van der Waals surface area contributed by atoms with E-state index in [1.165, 1.54) is 0 Å². The van der Waals surface area contributed by atoms with Crippen LogP contribution in [0.2, 0.25) is 0 Å². The van der Waals surface area contributed by atoms with Gasteiger partial charge in [0.1, 0.15) is 11.3 Å². The van der Waals surface area contributed by atoms with Gasteiger partial charge in [-0.15, -0.1) is 0 Å². The number of carboxylic acid groups (broad SMARTS) is 1. The number of carbonyl (C=O) groups excluding carboxylic acids is 2. The van der Waals surface area contributed by atoms with Crippen molar-refractivity contribution in [2.24, 2.45) is 5.92 Å². The van der Waals surface area contributed by atoms with E-state index in [-0.39, 0.29) is 37.1 Å². The van der Waals surface area contributed by atoms with Crippen molar-refractivity contribution >= 4 is 46.1 Å². The van der Waals surface area contributed by atoms with Gasteiger partial charge in [0, 0.05) is 36.7 Å². The average molecular weight is 605 g/mol. The van der Waals surface area contributed by atoms with Crippen molar-refractivity contribution in [2.45, 2.75) is 12.3 Å². The van der Waals surface area contributed by atoms with E-state index in [9.17, 15) is 19.5 Å². The van der Waals surface area contributed by atoms with Crippen LogP contribution in [0, 0.1) is 5.92 Å². The molecular weight excluding hydrogens is 572 g/mol. The fourth-order valence-electron chi connectivity index (χ4n) is 5.66. The van der Waals surface area contributed by atoms with Crippen LogP contribution in [-0.4, -0.2) is 59.4 Å². The predicted octanol–water partition coefficient (Wildman–Crippen LogP) is 5.74. The number of carbonyl (C=O) groups is 3. The number of fused-ring (bicyclic) bond motifs is 1. The molecule has 2 heterocycles. The molecule has 0 saturated carbocycles. The molecule has 45 heavy (non-hydrogen) atoms. The van der Waals surface area contributed by atoms with Crippen molar-refractivity contribution < 1.29 is 28.6 Å². The van der Waals surface area contributed by atoms with Crippen molar-refractivity contribution in [1.82, 2.24) is 9.88 Å². The van der Waals surface area contributed by atoms with Crippen LogP contribution in [0.5, 0.6) is 5.75 Å². The van der Waals surface area contributed by atoms with Crippen molar-refractivity contribution in [2.75, 3.05) is 37.4 Å². The van der Waals surface area contributed by atoms with Gasteiger partial charge in [-0.3, -0.25) is 14.4 Å². The summed E-state index contributed by atoms with van der Waals surface area (Å²) in [7, 11) is 1.59. The number of carboxylic acids is 1. The molecule has 1 amide bonds. The maximum atomic E-state index is 13.0. The van der Waals surface area contributed by atoms with Crippen LogP contribution >= 0.6 is 0 Å². The molecule has 1 aliphatic heterocycles. The lowest BCUT2D eigenvalue weighted by Gasteiger charge is -2.17. The summed E-state index contributed by atoms with van der Waals surface area (Å²) in [5.74, 6) is -1.48. The van der Waals surface area contributed by atoms with Gasteiger partial charge in [-0.1, -0.05) is 48.5 Å². The number of nitrogens with zero attached hydrogens (tertiary/aromatic N) is 2. The second-order valence-electron chi connectivity index (χ2n) is 11.0. The molecule has 10 heteroatoms. The molecule has 1 saturated heterocycles. The normalized spacial score (nSPS) is 16.0.